The second-order valence-corrected chi connectivity index (χ2v) is 3.58. The molecule has 2 aromatic heterocycles. The van der Waals surface area contributed by atoms with E-state index in [0.29, 0.717) is 17.3 Å². The Morgan fingerprint density at radius 1 is 1.11 bits per heavy atom. The van der Waals surface area contributed by atoms with Crippen molar-refractivity contribution in [2.75, 3.05) is 0 Å². The van der Waals surface area contributed by atoms with Gasteiger partial charge in [0.25, 0.3) is 5.89 Å². The Morgan fingerprint density at radius 2 is 2.00 bits per heavy atom. The first-order valence-electron chi connectivity index (χ1n) is 5.21. The van der Waals surface area contributed by atoms with Gasteiger partial charge in [-0.3, -0.25) is 4.98 Å². The van der Waals surface area contributed by atoms with Crippen LogP contribution in [0.4, 0.5) is 0 Å². The van der Waals surface area contributed by atoms with E-state index in [-0.39, 0.29) is 5.75 Å². The molecule has 3 rings (SSSR count). The first kappa shape index (κ1) is 10.4. The van der Waals surface area contributed by atoms with E-state index in [9.17, 15) is 5.11 Å². The molecule has 2 heterocycles. The summed E-state index contributed by atoms with van der Waals surface area (Å²) in [6.45, 7) is 0. The maximum Gasteiger partial charge on any atom is 0.267 e. The van der Waals surface area contributed by atoms with Gasteiger partial charge in [-0.15, -0.1) is 10.2 Å². The Kier molecular flexibility index (Phi) is 2.45. The van der Waals surface area contributed by atoms with Crippen LogP contribution in [0.25, 0.3) is 22.8 Å². The molecule has 1 aromatic carbocycles. The molecule has 1 N–H and O–H groups in total. The van der Waals surface area contributed by atoms with Gasteiger partial charge in [-0.1, -0.05) is 12.1 Å². The van der Waals surface area contributed by atoms with Gasteiger partial charge in [-0.25, -0.2) is 4.98 Å². The van der Waals surface area contributed by atoms with Gasteiger partial charge in [-0.2, -0.15) is 0 Å². The molecule has 0 aliphatic rings. The van der Waals surface area contributed by atoms with Crippen LogP contribution in [0.2, 0.25) is 0 Å². The van der Waals surface area contributed by atoms with Gasteiger partial charge in [-0.05, 0) is 12.1 Å². The van der Waals surface area contributed by atoms with Gasteiger partial charge in [0.05, 0.1) is 18.1 Å². The largest absolute Gasteiger partial charge is 0.508 e. The highest BCUT2D eigenvalue weighted by atomic mass is 16.4. The van der Waals surface area contributed by atoms with E-state index in [1.165, 1.54) is 6.39 Å². The Hall–Kier alpha value is -2.76. The second-order valence-electron chi connectivity index (χ2n) is 3.58. The number of benzene rings is 1. The minimum Gasteiger partial charge on any atom is -0.508 e. The molecule has 18 heavy (non-hydrogen) atoms. The van der Waals surface area contributed by atoms with Crippen molar-refractivity contribution in [2.45, 2.75) is 0 Å². The first-order valence-corrected chi connectivity index (χ1v) is 5.21. The summed E-state index contributed by atoms with van der Waals surface area (Å²) in [6, 6.07) is 6.79. The topological polar surface area (TPSA) is 84.9 Å². The molecule has 0 unspecified atom stereocenters. The van der Waals surface area contributed by atoms with E-state index in [4.69, 9.17) is 4.42 Å². The van der Waals surface area contributed by atoms with Gasteiger partial charge < -0.3 is 9.52 Å². The lowest BCUT2D eigenvalue weighted by Gasteiger charge is -2.02. The lowest BCUT2D eigenvalue weighted by atomic mass is 10.1. The molecule has 3 aromatic rings. The smallest absolute Gasteiger partial charge is 0.267 e. The number of phenols is 1. The zero-order valence-electron chi connectivity index (χ0n) is 9.19. The number of hydrogen-bond donors (Lipinski definition) is 1. The summed E-state index contributed by atoms with van der Waals surface area (Å²) in [5.74, 6) is 0.488. The van der Waals surface area contributed by atoms with Gasteiger partial charge in [0.15, 0.2) is 0 Å². The molecule has 0 spiro atoms. The van der Waals surface area contributed by atoms with Crippen LogP contribution < -0.4 is 0 Å². The third-order valence-electron chi connectivity index (χ3n) is 2.36. The fraction of sp³-hybridized carbons (Fsp3) is 0. The van der Waals surface area contributed by atoms with E-state index in [2.05, 4.69) is 20.2 Å². The number of nitrogens with zero attached hydrogens (tertiary/aromatic N) is 4. The Bertz CT molecular complexity index is 667. The second kappa shape index (κ2) is 4.25. The van der Waals surface area contributed by atoms with Crippen LogP contribution in [0.1, 0.15) is 0 Å². The van der Waals surface area contributed by atoms with Crippen molar-refractivity contribution in [1.82, 2.24) is 20.2 Å². The molecule has 88 valence electrons. The SMILES string of the molecule is Oc1cccc(-c2cncc(-c3nnco3)n2)c1. The average molecular weight is 240 g/mol. The zero-order valence-corrected chi connectivity index (χ0v) is 9.19. The van der Waals surface area contributed by atoms with Crippen LogP contribution in [0.15, 0.2) is 47.5 Å². The zero-order chi connectivity index (χ0) is 12.4. The van der Waals surface area contributed by atoms with Crippen molar-refractivity contribution < 1.29 is 9.52 Å². The summed E-state index contributed by atoms with van der Waals surface area (Å²) >= 11 is 0. The maximum atomic E-state index is 9.44. The van der Waals surface area contributed by atoms with Crippen LogP contribution in [0.5, 0.6) is 5.75 Å². The van der Waals surface area contributed by atoms with Gasteiger partial charge in [0.1, 0.15) is 11.4 Å². The molecule has 6 nitrogen and oxygen atoms in total. The van der Waals surface area contributed by atoms with Crippen LogP contribution >= 0.6 is 0 Å². The normalized spacial score (nSPS) is 10.4. The maximum absolute atomic E-state index is 9.44. The molecule has 0 fully saturated rings. The van der Waals surface area contributed by atoms with Crippen molar-refractivity contribution in [3.63, 3.8) is 0 Å². The molecule has 0 radical (unpaired) electrons. The Balaban J connectivity index is 2.06. The average Bonchev–Trinajstić information content (AvgIpc) is 2.93. The monoisotopic (exact) mass is 240 g/mol. The summed E-state index contributed by atoms with van der Waals surface area (Å²) in [4.78, 5) is 8.43. The third-order valence-corrected chi connectivity index (χ3v) is 2.36. The van der Waals surface area contributed by atoms with Crippen LogP contribution in [0, 0.1) is 0 Å². The predicted octanol–water partition coefficient (Wildman–Crippen LogP) is 1.90. The number of aromatic hydroxyl groups is 1. The molecular formula is C12H8N4O2. The van der Waals surface area contributed by atoms with E-state index in [0.717, 1.165) is 5.56 Å². The highest BCUT2D eigenvalue weighted by Gasteiger charge is 2.08. The summed E-state index contributed by atoms with van der Waals surface area (Å²) in [5, 5.41) is 16.8. The molecule has 6 heteroatoms. The van der Waals surface area contributed by atoms with Crippen molar-refractivity contribution in [1.29, 1.82) is 0 Å². The molecule has 0 bridgehead atoms. The molecule has 0 saturated heterocycles. The number of aromatic nitrogens is 4. The molecule has 0 amide bonds. The summed E-state index contributed by atoms with van der Waals surface area (Å²) in [6.07, 6.45) is 4.38. The van der Waals surface area contributed by atoms with Crippen molar-refractivity contribution >= 4 is 0 Å². The lowest BCUT2D eigenvalue weighted by Crippen LogP contribution is -1.90. The van der Waals surface area contributed by atoms with Gasteiger partial charge >= 0.3 is 0 Å². The van der Waals surface area contributed by atoms with E-state index < -0.39 is 0 Å². The van der Waals surface area contributed by atoms with Crippen molar-refractivity contribution in [2.24, 2.45) is 0 Å². The molecule has 0 aliphatic carbocycles. The molecule has 0 atom stereocenters. The molecular weight excluding hydrogens is 232 g/mol. The van der Waals surface area contributed by atoms with Gasteiger partial charge in [0, 0.05) is 5.56 Å². The molecule has 0 saturated carbocycles. The van der Waals surface area contributed by atoms with Crippen molar-refractivity contribution in [3.05, 3.63) is 43.1 Å². The van der Waals surface area contributed by atoms with Crippen LogP contribution in [-0.4, -0.2) is 25.3 Å². The van der Waals surface area contributed by atoms with E-state index in [1.54, 1.807) is 30.6 Å². The van der Waals surface area contributed by atoms with Gasteiger partial charge in [0.2, 0.25) is 6.39 Å². The standard InChI is InChI=1S/C12H8N4O2/c17-9-3-1-2-8(4-9)10-5-13-6-11(15-10)12-16-14-7-18-12/h1-7,17H. The van der Waals surface area contributed by atoms with Crippen LogP contribution in [0.3, 0.4) is 0 Å². The lowest BCUT2D eigenvalue weighted by molar-refractivity contribution is 0.475. The third kappa shape index (κ3) is 1.91. The molecule has 0 aliphatic heterocycles. The highest BCUT2D eigenvalue weighted by molar-refractivity contribution is 5.62. The first-order chi connectivity index (χ1) is 8.83. The Labute approximate surface area is 102 Å². The van der Waals surface area contributed by atoms with E-state index in [1.807, 2.05) is 6.07 Å². The number of phenolic OH excluding ortho intramolecular Hbond substituents is 1. The number of hydrogen-bond acceptors (Lipinski definition) is 6. The number of rotatable bonds is 2. The van der Waals surface area contributed by atoms with Crippen LogP contribution in [-0.2, 0) is 0 Å². The van der Waals surface area contributed by atoms with Crippen molar-refractivity contribution in [3.8, 4) is 28.6 Å². The highest BCUT2D eigenvalue weighted by Crippen LogP contribution is 2.22. The minimum atomic E-state index is 0.178. The fourth-order valence-electron chi connectivity index (χ4n) is 1.56. The summed E-state index contributed by atoms with van der Waals surface area (Å²) < 4.78 is 5.06. The summed E-state index contributed by atoms with van der Waals surface area (Å²) in [5.41, 5.74) is 1.89. The quantitative estimate of drug-likeness (QED) is 0.736. The Morgan fingerprint density at radius 3 is 2.78 bits per heavy atom. The minimum absolute atomic E-state index is 0.178. The predicted molar refractivity (Wildman–Crippen MR) is 62.4 cm³/mol. The fourth-order valence-corrected chi connectivity index (χ4v) is 1.56. The van der Waals surface area contributed by atoms with E-state index >= 15 is 0 Å². The summed E-state index contributed by atoms with van der Waals surface area (Å²) in [7, 11) is 0.